The lowest BCUT2D eigenvalue weighted by Gasteiger charge is -2.26. The van der Waals surface area contributed by atoms with Crippen molar-refractivity contribution >= 4 is 11.4 Å². The Hall–Kier alpha value is -1.39. The van der Waals surface area contributed by atoms with Gasteiger partial charge in [-0.3, -0.25) is 0 Å². The van der Waals surface area contributed by atoms with Crippen molar-refractivity contribution in [1.29, 1.82) is 0 Å². The third kappa shape index (κ3) is 4.62. The highest BCUT2D eigenvalue weighted by Crippen LogP contribution is 2.36. The fraction of sp³-hybridized carbons (Fsp3) is 0.600. The van der Waals surface area contributed by atoms with Gasteiger partial charge >= 0.3 is 6.18 Å². The van der Waals surface area contributed by atoms with Crippen LogP contribution in [0.25, 0.3) is 0 Å². The minimum Gasteiger partial charge on any atom is -0.398 e. The van der Waals surface area contributed by atoms with Crippen molar-refractivity contribution in [2.45, 2.75) is 45.7 Å². The van der Waals surface area contributed by atoms with Crippen LogP contribution in [0.5, 0.6) is 0 Å². The lowest BCUT2D eigenvalue weighted by molar-refractivity contribution is -0.136. The summed E-state index contributed by atoms with van der Waals surface area (Å²) in [5.74, 6) is 0. The Balaban J connectivity index is 3.00. The molecular formula is C15H23F3N2. The highest BCUT2D eigenvalue weighted by Gasteiger charge is 2.33. The van der Waals surface area contributed by atoms with Crippen LogP contribution in [0.1, 0.15) is 45.1 Å². The summed E-state index contributed by atoms with van der Waals surface area (Å²) in [5, 5.41) is 0. The third-order valence-corrected chi connectivity index (χ3v) is 3.27. The molecule has 0 aliphatic carbocycles. The van der Waals surface area contributed by atoms with Crippen molar-refractivity contribution in [3.8, 4) is 0 Å². The zero-order valence-electron chi connectivity index (χ0n) is 12.1. The molecule has 1 rings (SSSR count). The Bertz CT molecular complexity index is 408. The topological polar surface area (TPSA) is 29.3 Å². The molecule has 114 valence electrons. The molecule has 0 aromatic heterocycles. The van der Waals surface area contributed by atoms with Gasteiger partial charge in [0, 0.05) is 24.5 Å². The van der Waals surface area contributed by atoms with Crippen LogP contribution in [0.4, 0.5) is 24.5 Å². The van der Waals surface area contributed by atoms with Gasteiger partial charge in [0.15, 0.2) is 0 Å². The number of hydrogen-bond acceptors (Lipinski definition) is 2. The number of anilines is 2. The second kappa shape index (κ2) is 7.41. The van der Waals surface area contributed by atoms with Crippen molar-refractivity contribution in [3.63, 3.8) is 0 Å². The summed E-state index contributed by atoms with van der Waals surface area (Å²) < 4.78 is 38.7. The number of rotatable bonds is 7. The maximum absolute atomic E-state index is 12.9. The number of unbranched alkanes of at least 4 members (excludes halogenated alkanes) is 2. The zero-order valence-corrected chi connectivity index (χ0v) is 12.1. The molecule has 0 bridgehead atoms. The molecule has 2 nitrogen and oxygen atoms in total. The molecule has 1 aromatic carbocycles. The molecule has 0 fully saturated rings. The summed E-state index contributed by atoms with van der Waals surface area (Å²) in [4.78, 5) is 2.02. The molecular weight excluding hydrogens is 265 g/mol. The van der Waals surface area contributed by atoms with E-state index in [2.05, 4.69) is 13.8 Å². The number of nitrogens with two attached hydrogens (primary N) is 1. The first kappa shape index (κ1) is 16.7. The summed E-state index contributed by atoms with van der Waals surface area (Å²) in [5.41, 5.74) is 5.08. The first-order chi connectivity index (χ1) is 9.40. The van der Waals surface area contributed by atoms with E-state index >= 15 is 0 Å². The summed E-state index contributed by atoms with van der Waals surface area (Å²) in [7, 11) is 0. The van der Waals surface area contributed by atoms with Gasteiger partial charge in [-0.05, 0) is 31.0 Å². The quantitative estimate of drug-likeness (QED) is 0.737. The van der Waals surface area contributed by atoms with E-state index in [1.807, 2.05) is 4.90 Å². The molecule has 2 N–H and O–H groups in total. The number of nitrogens with zero attached hydrogens (tertiary/aromatic N) is 1. The Morgan fingerprint density at radius 3 is 2.05 bits per heavy atom. The molecule has 0 unspecified atom stereocenters. The van der Waals surface area contributed by atoms with E-state index in [1.165, 1.54) is 12.1 Å². The second-order valence-corrected chi connectivity index (χ2v) is 4.96. The van der Waals surface area contributed by atoms with Gasteiger partial charge in [-0.2, -0.15) is 13.2 Å². The van der Waals surface area contributed by atoms with Crippen LogP contribution in [0.2, 0.25) is 0 Å². The van der Waals surface area contributed by atoms with E-state index in [9.17, 15) is 13.2 Å². The standard InChI is InChI=1S/C15H23F3N2/c1-3-5-9-20(10-6-4-2)12-7-8-14(19)13(11-12)15(16,17)18/h7-8,11H,3-6,9-10,19H2,1-2H3. The SMILES string of the molecule is CCCCN(CCCC)c1ccc(N)c(C(F)(F)F)c1. The Labute approximate surface area is 118 Å². The largest absolute Gasteiger partial charge is 0.418 e. The lowest BCUT2D eigenvalue weighted by atomic mass is 10.1. The molecule has 0 radical (unpaired) electrons. The minimum atomic E-state index is -4.40. The van der Waals surface area contributed by atoms with Gasteiger partial charge in [-0.15, -0.1) is 0 Å². The normalized spacial score (nSPS) is 11.7. The van der Waals surface area contributed by atoms with Gasteiger partial charge in [0.25, 0.3) is 0 Å². The van der Waals surface area contributed by atoms with Crippen LogP contribution < -0.4 is 10.6 Å². The van der Waals surface area contributed by atoms with Gasteiger partial charge in [0.05, 0.1) is 5.56 Å². The fourth-order valence-corrected chi connectivity index (χ4v) is 2.05. The second-order valence-electron chi connectivity index (χ2n) is 4.96. The average Bonchev–Trinajstić information content (AvgIpc) is 2.38. The van der Waals surface area contributed by atoms with E-state index < -0.39 is 11.7 Å². The zero-order chi connectivity index (χ0) is 15.2. The highest BCUT2D eigenvalue weighted by molar-refractivity contribution is 5.59. The summed E-state index contributed by atoms with van der Waals surface area (Å²) in [6.45, 7) is 5.69. The van der Waals surface area contributed by atoms with Crippen LogP contribution in [0.3, 0.4) is 0 Å². The highest BCUT2D eigenvalue weighted by atomic mass is 19.4. The van der Waals surface area contributed by atoms with E-state index in [-0.39, 0.29) is 5.69 Å². The summed E-state index contributed by atoms with van der Waals surface area (Å²) in [6.07, 6.45) is -0.431. The first-order valence-electron chi connectivity index (χ1n) is 7.11. The van der Waals surface area contributed by atoms with Crippen LogP contribution >= 0.6 is 0 Å². The van der Waals surface area contributed by atoms with Gasteiger partial charge in [-0.25, -0.2) is 0 Å². The number of halogens is 3. The molecule has 0 aliphatic rings. The Morgan fingerprint density at radius 2 is 1.60 bits per heavy atom. The molecule has 1 aromatic rings. The number of alkyl halides is 3. The van der Waals surface area contributed by atoms with Crippen molar-refractivity contribution in [2.75, 3.05) is 23.7 Å². The molecule has 0 saturated carbocycles. The fourth-order valence-electron chi connectivity index (χ4n) is 2.05. The Kier molecular flexibility index (Phi) is 6.17. The molecule has 20 heavy (non-hydrogen) atoms. The summed E-state index contributed by atoms with van der Waals surface area (Å²) in [6, 6.07) is 4.19. The van der Waals surface area contributed by atoms with E-state index in [4.69, 9.17) is 5.73 Å². The third-order valence-electron chi connectivity index (χ3n) is 3.27. The smallest absolute Gasteiger partial charge is 0.398 e. The monoisotopic (exact) mass is 288 g/mol. The van der Waals surface area contributed by atoms with Crippen molar-refractivity contribution in [1.82, 2.24) is 0 Å². The van der Waals surface area contributed by atoms with Crippen molar-refractivity contribution < 1.29 is 13.2 Å². The van der Waals surface area contributed by atoms with Crippen LogP contribution in [0, 0.1) is 0 Å². The number of nitrogen functional groups attached to an aromatic ring is 1. The first-order valence-corrected chi connectivity index (χ1v) is 7.11. The van der Waals surface area contributed by atoms with Gasteiger partial charge in [0.1, 0.15) is 0 Å². The van der Waals surface area contributed by atoms with E-state index in [1.54, 1.807) is 6.07 Å². The molecule has 0 amide bonds. The predicted molar refractivity (Wildman–Crippen MR) is 77.9 cm³/mol. The van der Waals surface area contributed by atoms with Gasteiger partial charge in [0.2, 0.25) is 0 Å². The molecule has 5 heteroatoms. The van der Waals surface area contributed by atoms with Gasteiger partial charge < -0.3 is 10.6 Å². The minimum absolute atomic E-state index is 0.216. The van der Waals surface area contributed by atoms with Crippen LogP contribution in [0.15, 0.2) is 18.2 Å². The molecule has 0 heterocycles. The molecule has 0 spiro atoms. The average molecular weight is 288 g/mol. The molecule has 0 aliphatic heterocycles. The number of benzene rings is 1. The van der Waals surface area contributed by atoms with Crippen LogP contribution in [-0.4, -0.2) is 13.1 Å². The predicted octanol–water partition coefficient (Wildman–Crippen LogP) is 4.69. The van der Waals surface area contributed by atoms with E-state index in [0.717, 1.165) is 38.8 Å². The number of hydrogen-bond donors (Lipinski definition) is 1. The Morgan fingerprint density at radius 1 is 1.05 bits per heavy atom. The lowest BCUT2D eigenvalue weighted by Crippen LogP contribution is -2.26. The molecule has 0 saturated heterocycles. The van der Waals surface area contributed by atoms with Crippen molar-refractivity contribution in [3.05, 3.63) is 23.8 Å². The maximum Gasteiger partial charge on any atom is 0.418 e. The van der Waals surface area contributed by atoms with E-state index in [0.29, 0.717) is 5.69 Å². The maximum atomic E-state index is 12.9. The summed E-state index contributed by atoms with van der Waals surface area (Å²) >= 11 is 0. The molecule has 0 atom stereocenters. The van der Waals surface area contributed by atoms with Crippen LogP contribution in [-0.2, 0) is 6.18 Å². The van der Waals surface area contributed by atoms with Gasteiger partial charge in [-0.1, -0.05) is 26.7 Å². The van der Waals surface area contributed by atoms with Crippen molar-refractivity contribution in [2.24, 2.45) is 0 Å².